The minimum Gasteiger partial charge on any atom is -0.376 e. The smallest absolute Gasteiger partial charge is 0.376 e. The van der Waals surface area contributed by atoms with Gasteiger partial charge >= 0.3 is 6.18 Å². The molecule has 0 aliphatic heterocycles. The lowest BCUT2D eigenvalue weighted by Crippen LogP contribution is -2.43. The topological polar surface area (TPSA) is 38.0 Å². The van der Waals surface area contributed by atoms with Crippen LogP contribution in [-0.4, -0.2) is 12.1 Å². The van der Waals surface area contributed by atoms with Crippen molar-refractivity contribution in [1.29, 1.82) is 0 Å². The molecular formula is C14H20F4N2. The average Bonchev–Trinajstić information content (AvgIpc) is 2.29. The first-order chi connectivity index (χ1) is 9.07. The third-order valence-electron chi connectivity index (χ3n) is 3.04. The molecule has 1 atom stereocenters. The summed E-state index contributed by atoms with van der Waals surface area (Å²) in [6.07, 6.45) is -3.86. The van der Waals surface area contributed by atoms with Crippen molar-refractivity contribution in [2.24, 2.45) is 11.7 Å². The predicted molar refractivity (Wildman–Crippen MR) is 71.9 cm³/mol. The zero-order valence-electron chi connectivity index (χ0n) is 11.8. The van der Waals surface area contributed by atoms with Gasteiger partial charge in [0.1, 0.15) is 5.82 Å². The number of hydrogen-bond acceptors (Lipinski definition) is 2. The van der Waals surface area contributed by atoms with Crippen LogP contribution in [0.5, 0.6) is 0 Å². The zero-order chi connectivity index (χ0) is 15.6. The van der Waals surface area contributed by atoms with Crippen LogP contribution < -0.4 is 11.1 Å². The molecule has 0 aromatic heterocycles. The minimum atomic E-state index is -4.55. The van der Waals surface area contributed by atoms with E-state index in [9.17, 15) is 17.6 Å². The molecule has 114 valence electrons. The van der Waals surface area contributed by atoms with E-state index in [2.05, 4.69) is 5.32 Å². The number of halogens is 4. The van der Waals surface area contributed by atoms with Crippen LogP contribution in [0.2, 0.25) is 0 Å². The standard InChI is InChI=1S/C14H20F4N2/c1-9(2)7-13(3,8-19)20-12-5-4-10(6-11(12)15)14(16,17)18/h4-6,9,20H,7-8,19H2,1-3H3. The van der Waals surface area contributed by atoms with Crippen molar-refractivity contribution >= 4 is 5.69 Å². The van der Waals surface area contributed by atoms with Gasteiger partial charge in [-0.25, -0.2) is 4.39 Å². The molecule has 0 radical (unpaired) electrons. The number of nitrogens with one attached hydrogen (secondary N) is 1. The molecule has 0 fully saturated rings. The molecule has 0 saturated carbocycles. The van der Waals surface area contributed by atoms with Crippen LogP contribution in [0.1, 0.15) is 32.8 Å². The molecule has 0 spiro atoms. The van der Waals surface area contributed by atoms with Crippen molar-refractivity contribution in [3.05, 3.63) is 29.6 Å². The third-order valence-corrected chi connectivity index (χ3v) is 3.04. The third kappa shape index (κ3) is 4.37. The van der Waals surface area contributed by atoms with Gasteiger partial charge in [-0.2, -0.15) is 13.2 Å². The molecule has 1 rings (SSSR count). The van der Waals surface area contributed by atoms with E-state index in [1.807, 2.05) is 20.8 Å². The van der Waals surface area contributed by atoms with Gasteiger partial charge in [0.2, 0.25) is 0 Å². The lowest BCUT2D eigenvalue weighted by molar-refractivity contribution is -0.137. The summed E-state index contributed by atoms with van der Waals surface area (Å²) in [5.41, 5.74) is 4.16. The van der Waals surface area contributed by atoms with E-state index in [1.165, 1.54) is 0 Å². The van der Waals surface area contributed by atoms with Crippen LogP contribution in [0.4, 0.5) is 23.2 Å². The van der Waals surface area contributed by atoms with Crippen molar-refractivity contribution < 1.29 is 17.6 Å². The largest absolute Gasteiger partial charge is 0.416 e. The highest BCUT2D eigenvalue weighted by atomic mass is 19.4. The van der Waals surface area contributed by atoms with Gasteiger partial charge in [-0.15, -0.1) is 0 Å². The molecule has 0 aliphatic carbocycles. The first-order valence-corrected chi connectivity index (χ1v) is 6.42. The molecular weight excluding hydrogens is 272 g/mol. The van der Waals surface area contributed by atoms with Crippen molar-refractivity contribution in [2.45, 2.75) is 38.9 Å². The Hall–Kier alpha value is -1.30. The summed E-state index contributed by atoms with van der Waals surface area (Å²) in [5, 5.41) is 2.92. The Bertz CT molecular complexity index is 457. The van der Waals surface area contributed by atoms with Gasteiger partial charge in [0.15, 0.2) is 0 Å². The van der Waals surface area contributed by atoms with Gasteiger partial charge in [-0.1, -0.05) is 13.8 Å². The van der Waals surface area contributed by atoms with Gasteiger partial charge in [0.25, 0.3) is 0 Å². The number of anilines is 1. The van der Waals surface area contributed by atoms with E-state index < -0.39 is 23.1 Å². The van der Waals surface area contributed by atoms with Crippen molar-refractivity contribution in [3.63, 3.8) is 0 Å². The zero-order valence-corrected chi connectivity index (χ0v) is 11.8. The summed E-state index contributed by atoms with van der Waals surface area (Å²) in [4.78, 5) is 0. The van der Waals surface area contributed by atoms with Crippen LogP contribution in [0.25, 0.3) is 0 Å². The number of alkyl halides is 3. The fraction of sp³-hybridized carbons (Fsp3) is 0.571. The fourth-order valence-electron chi connectivity index (χ4n) is 2.20. The molecule has 0 saturated heterocycles. The van der Waals surface area contributed by atoms with Crippen LogP contribution in [0.15, 0.2) is 18.2 Å². The highest BCUT2D eigenvalue weighted by molar-refractivity contribution is 5.49. The van der Waals surface area contributed by atoms with Gasteiger partial charge in [0.05, 0.1) is 11.3 Å². The second-order valence-corrected chi connectivity index (χ2v) is 5.68. The average molecular weight is 292 g/mol. The van der Waals surface area contributed by atoms with Crippen LogP contribution in [0, 0.1) is 11.7 Å². The highest BCUT2D eigenvalue weighted by Gasteiger charge is 2.32. The maximum Gasteiger partial charge on any atom is 0.416 e. The second-order valence-electron chi connectivity index (χ2n) is 5.68. The summed E-state index contributed by atoms with van der Waals surface area (Å²) < 4.78 is 51.2. The van der Waals surface area contributed by atoms with Crippen molar-refractivity contribution in [3.8, 4) is 0 Å². The molecule has 20 heavy (non-hydrogen) atoms. The van der Waals surface area contributed by atoms with E-state index >= 15 is 0 Å². The number of rotatable bonds is 5. The lowest BCUT2D eigenvalue weighted by Gasteiger charge is -2.32. The van der Waals surface area contributed by atoms with Crippen molar-refractivity contribution in [1.82, 2.24) is 0 Å². The Morgan fingerprint density at radius 3 is 2.25 bits per heavy atom. The van der Waals surface area contributed by atoms with E-state index in [1.54, 1.807) is 0 Å². The monoisotopic (exact) mass is 292 g/mol. The number of hydrogen-bond donors (Lipinski definition) is 2. The molecule has 1 aromatic rings. The Labute approximate surface area is 116 Å². The fourth-order valence-corrected chi connectivity index (χ4v) is 2.20. The molecule has 2 nitrogen and oxygen atoms in total. The molecule has 0 aliphatic rings. The summed E-state index contributed by atoms with van der Waals surface area (Å²) in [7, 11) is 0. The Morgan fingerprint density at radius 1 is 1.25 bits per heavy atom. The molecule has 3 N–H and O–H groups in total. The number of nitrogens with two attached hydrogens (primary N) is 1. The van der Waals surface area contributed by atoms with Gasteiger partial charge in [-0.3, -0.25) is 0 Å². The van der Waals surface area contributed by atoms with Crippen LogP contribution in [-0.2, 0) is 6.18 Å². The first kappa shape index (κ1) is 16.8. The molecule has 0 heterocycles. The van der Waals surface area contributed by atoms with Crippen LogP contribution in [0.3, 0.4) is 0 Å². The molecule has 1 unspecified atom stereocenters. The maximum absolute atomic E-state index is 13.8. The molecule has 0 bridgehead atoms. The van der Waals surface area contributed by atoms with Crippen molar-refractivity contribution in [2.75, 3.05) is 11.9 Å². The van der Waals surface area contributed by atoms with E-state index in [0.717, 1.165) is 12.1 Å². The van der Waals surface area contributed by atoms with Gasteiger partial charge in [0, 0.05) is 12.1 Å². The molecule has 6 heteroatoms. The Kier molecular flexibility index (Phi) is 5.02. The summed E-state index contributed by atoms with van der Waals surface area (Å²) >= 11 is 0. The van der Waals surface area contributed by atoms with E-state index in [-0.39, 0.29) is 12.2 Å². The Morgan fingerprint density at radius 2 is 1.85 bits per heavy atom. The molecule has 1 aromatic carbocycles. The van der Waals surface area contributed by atoms with Gasteiger partial charge in [-0.05, 0) is 37.5 Å². The summed E-state index contributed by atoms with van der Waals surface area (Å²) in [6.45, 7) is 6.08. The highest BCUT2D eigenvalue weighted by Crippen LogP contribution is 2.32. The SMILES string of the molecule is CC(C)CC(C)(CN)Nc1ccc(C(F)(F)F)cc1F. The van der Waals surface area contributed by atoms with E-state index in [4.69, 9.17) is 5.73 Å². The quantitative estimate of drug-likeness (QED) is 0.804. The lowest BCUT2D eigenvalue weighted by atomic mass is 9.90. The maximum atomic E-state index is 13.8. The predicted octanol–water partition coefficient (Wildman–Crippen LogP) is 4.02. The van der Waals surface area contributed by atoms with E-state index in [0.29, 0.717) is 18.4 Å². The van der Waals surface area contributed by atoms with Gasteiger partial charge < -0.3 is 11.1 Å². The Balaban J connectivity index is 2.98. The van der Waals surface area contributed by atoms with Crippen LogP contribution >= 0.6 is 0 Å². The normalized spacial score (nSPS) is 15.2. The summed E-state index contributed by atoms with van der Waals surface area (Å²) in [6, 6.07) is 2.46. The first-order valence-electron chi connectivity index (χ1n) is 6.42. The molecule has 0 amide bonds. The minimum absolute atomic E-state index is 0.0339. The second kappa shape index (κ2) is 5.99. The number of benzene rings is 1. The summed E-state index contributed by atoms with van der Waals surface area (Å²) in [5.74, 6) is -0.600.